The van der Waals surface area contributed by atoms with Gasteiger partial charge in [0, 0.05) is 6.61 Å². The summed E-state index contributed by atoms with van der Waals surface area (Å²) >= 11 is 0. The molecule has 1 N–H and O–H groups in total. The molecule has 2 heteroatoms. The highest BCUT2D eigenvalue weighted by atomic mass is 16.5. The summed E-state index contributed by atoms with van der Waals surface area (Å²) in [6.45, 7) is 0.866. The Labute approximate surface area is 85.3 Å². The van der Waals surface area contributed by atoms with Gasteiger partial charge in [0.1, 0.15) is 6.23 Å². The normalized spacial score (nSPS) is 27.5. The summed E-state index contributed by atoms with van der Waals surface area (Å²) < 4.78 is 5.57. The van der Waals surface area contributed by atoms with Crippen LogP contribution in [0.3, 0.4) is 0 Å². The van der Waals surface area contributed by atoms with Crippen LogP contribution in [-0.2, 0) is 4.74 Å². The van der Waals surface area contributed by atoms with Crippen molar-refractivity contribution < 1.29 is 4.74 Å². The maximum atomic E-state index is 5.57. The molecule has 2 nitrogen and oxygen atoms in total. The van der Waals surface area contributed by atoms with E-state index in [1.54, 1.807) is 0 Å². The molecule has 0 bridgehead atoms. The molecule has 1 aliphatic heterocycles. The zero-order chi connectivity index (χ0) is 9.80. The second-order valence-electron chi connectivity index (χ2n) is 3.78. The van der Waals surface area contributed by atoms with Crippen molar-refractivity contribution in [2.75, 3.05) is 13.7 Å². The smallest absolute Gasteiger partial charge is 0.108 e. The van der Waals surface area contributed by atoms with Crippen molar-refractivity contribution in [3.05, 3.63) is 35.9 Å². The quantitative estimate of drug-likeness (QED) is 0.773. The van der Waals surface area contributed by atoms with Gasteiger partial charge in [-0.2, -0.15) is 0 Å². The number of hydrogen-bond donors (Lipinski definition) is 1. The fourth-order valence-electron chi connectivity index (χ4n) is 2.03. The lowest BCUT2D eigenvalue weighted by molar-refractivity contribution is -0.00931. The second kappa shape index (κ2) is 4.58. The Morgan fingerprint density at radius 1 is 1.29 bits per heavy atom. The van der Waals surface area contributed by atoms with Gasteiger partial charge in [-0.3, -0.25) is 5.32 Å². The molecule has 0 aliphatic carbocycles. The maximum absolute atomic E-state index is 5.57. The van der Waals surface area contributed by atoms with E-state index in [9.17, 15) is 0 Å². The minimum absolute atomic E-state index is 0.231. The Kier molecular flexibility index (Phi) is 3.17. The third kappa shape index (κ3) is 2.14. The first-order valence-corrected chi connectivity index (χ1v) is 5.24. The van der Waals surface area contributed by atoms with Crippen LogP contribution in [0.25, 0.3) is 0 Å². The summed E-state index contributed by atoms with van der Waals surface area (Å²) in [5, 5.41) is 3.18. The van der Waals surface area contributed by atoms with E-state index in [4.69, 9.17) is 4.74 Å². The van der Waals surface area contributed by atoms with E-state index >= 15 is 0 Å². The maximum Gasteiger partial charge on any atom is 0.108 e. The van der Waals surface area contributed by atoms with Crippen molar-refractivity contribution in [2.24, 2.45) is 0 Å². The fourth-order valence-corrected chi connectivity index (χ4v) is 2.03. The van der Waals surface area contributed by atoms with Crippen LogP contribution in [0.5, 0.6) is 0 Å². The fraction of sp³-hybridized carbons (Fsp3) is 0.500. The number of ether oxygens (including phenoxy) is 1. The van der Waals surface area contributed by atoms with Gasteiger partial charge in [0.25, 0.3) is 0 Å². The molecule has 1 aromatic carbocycles. The van der Waals surface area contributed by atoms with Crippen LogP contribution < -0.4 is 5.32 Å². The highest BCUT2D eigenvalue weighted by molar-refractivity contribution is 5.19. The predicted molar refractivity (Wildman–Crippen MR) is 57.2 cm³/mol. The lowest BCUT2D eigenvalue weighted by Gasteiger charge is -2.29. The summed E-state index contributed by atoms with van der Waals surface area (Å²) in [5.41, 5.74) is 1.44. The van der Waals surface area contributed by atoms with Crippen molar-refractivity contribution in [3.8, 4) is 0 Å². The Balaban J connectivity index is 2.04. The molecule has 1 heterocycles. The van der Waals surface area contributed by atoms with E-state index in [2.05, 4.69) is 35.6 Å². The monoisotopic (exact) mass is 191 g/mol. The van der Waals surface area contributed by atoms with Crippen LogP contribution in [-0.4, -0.2) is 19.9 Å². The van der Waals surface area contributed by atoms with Gasteiger partial charge in [-0.25, -0.2) is 0 Å². The molecule has 0 radical (unpaired) electrons. The zero-order valence-corrected chi connectivity index (χ0v) is 8.57. The molecule has 1 aromatic rings. The SMILES string of the molecule is CNC1CC(c2ccccc2)CCO1. The first-order chi connectivity index (χ1) is 6.90. The first kappa shape index (κ1) is 9.69. The van der Waals surface area contributed by atoms with Crippen molar-refractivity contribution >= 4 is 0 Å². The molecule has 1 saturated heterocycles. The molecule has 76 valence electrons. The Morgan fingerprint density at radius 3 is 2.79 bits per heavy atom. The van der Waals surface area contributed by atoms with Gasteiger partial charge in [-0.1, -0.05) is 30.3 Å². The van der Waals surface area contributed by atoms with Crippen molar-refractivity contribution in [3.63, 3.8) is 0 Å². The third-order valence-electron chi connectivity index (χ3n) is 2.88. The molecular formula is C12H17NO. The van der Waals surface area contributed by atoms with Gasteiger partial charge in [-0.15, -0.1) is 0 Å². The Hall–Kier alpha value is -0.860. The average Bonchev–Trinajstić information content (AvgIpc) is 2.30. The molecule has 2 unspecified atom stereocenters. The van der Waals surface area contributed by atoms with Gasteiger partial charge < -0.3 is 4.74 Å². The van der Waals surface area contributed by atoms with E-state index in [-0.39, 0.29) is 6.23 Å². The topological polar surface area (TPSA) is 21.3 Å². The molecule has 0 saturated carbocycles. The van der Waals surface area contributed by atoms with Crippen molar-refractivity contribution in [1.82, 2.24) is 5.32 Å². The first-order valence-electron chi connectivity index (χ1n) is 5.24. The lowest BCUT2D eigenvalue weighted by atomic mass is 9.90. The largest absolute Gasteiger partial charge is 0.363 e. The Bertz CT molecular complexity index is 273. The zero-order valence-electron chi connectivity index (χ0n) is 8.57. The van der Waals surface area contributed by atoms with E-state index in [1.165, 1.54) is 5.56 Å². The molecule has 14 heavy (non-hydrogen) atoms. The molecular weight excluding hydrogens is 174 g/mol. The number of hydrogen-bond acceptors (Lipinski definition) is 2. The van der Waals surface area contributed by atoms with Crippen LogP contribution in [0.4, 0.5) is 0 Å². The van der Waals surface area contributed by atoms with Gasteiger partial charge in [0.2, 0.25) is 0 Å². The minimum atomic E-state index is 0.231. The molecule has 0 aromatic heterocycles. The summed E-state index contributed by atoms with van der Waals surface area (Å²) in [6.07, 6.45) is 2.46. The van der Waals surface area contributed by atoms with Crippen LogP contribution in [0.15, 0.2) is 30.3 Å². The highest BCUT2D eigenvalue weighted by Gasteiger charge is 2.22. The van der Waals surface area contributed by atoms with E-state index in [0.29, 0.717) is 5.92 Å². The highest BCUT2D eigenvalue weighted by Crippen LogP contribution is 2.28. The van der Waals surface area contributed by atoms with E-state index in [0.717, 1.165) is 19.4 Å². The molecule has 2 atom stereocenters. The summed E-state index contributed by atoms with van der Waals surface area (Å²) in [4.78, 5) is 0. The van der Waals surface area contributed by atoms with Crippen LogP contribution in [0.1, 0.15) is 24.3 Å². The van der Waals surface area contributed by atoms with Crippen LogP contribution >= 0.6 is 0 Å². The average molecular weight is 191 g/mol. The summed E-state index contributed by atoms with van der Waals surface area (Å²) in [7, 11) is 1.96. The van der Waals surface area contributed by atoms with Gasteiger partial charge in [0.05, 0.1) is 0 Å². The van der Waals surface area contributed by atoms with E-state index in [1.807, 2.05) is 7.05 Å². The van der Waals surface area contributed by atoms with E-state index < -0.39 is 0 Å². The molecule has 2 rings (SSSR count). The second-order valence-corrected chi connectivity index (χ2v) is 3.78. The minimum Gasteiger partial charge on any atom is -0.363 e. The van der Waals surface area contributed by atoms with Gasteiger partial charge in [-0.05, 0) is 31.4 Å². The van der Waals surface area contributed by atoms with Crippen LogP contribution in [0, 0.1) is 0 Å². The van der Waals surface area contributed by atoms with Crippen molar-refractivity contribution in [1.29, 1.82) is 0 Å². The molecule has 0 spiro atoms. The van der Waals surface area contributed by atoms with Crippen molar-refractivity contribution in [2.45, 2.75) is 25.0 Å². The Morgan fingerprint density at radius 2 is 2.07 bits per heavy atom. The number of rotatable bonds is 2. The van der Waals surface area contributed by atoms with Gasteiger partial charge in [0.15, 0.2) is 0 Å². The van der Waals surface area contributed by atoms with Crippen LogP contribution in [0.2, 0.25) is 0 Å². The predicted octanol–water partition coefficient (Wildman–Crippen LogP) is 2.13. The molecule has 1 aliphatic rings. The molecule has 0 amide bonds. The summed E-state index contributed by atoms with van der Waals surface area (Å²) in [5.74, 6) is 0.655. The standard InChI is InChI=1S/C12H17NO/c1-13-12-9-11(7-8-14-12)10-5-3-2-4-6-10/h2-6,11-13H,7-9H2,1H3. The summed E-state index contributed by atoms with van der Waals surface area (Å²) in [6, 6.07) is 10.7. The third-order valence-corrected chi connectivity index (χ3v) is 2.88. The van der Waals surface area contributed by atoms with Gasteiger partial charge >= 0.3 is 0 Å². The number of nitrogens with one attached hydrogen (secondary N) is 1. The number of benzene rings is 1. The lowest BCUT2D eigenvalue weighted by Crippen LogP contribution is -2.34. The molecule has 1 fully saturated rings.